The van der Waals surface area contributed by atoms with E-state index in [-0.39, 0.29) is 12.1 Å². The third-order valence-electron chi connectivity index (χ3n) is 3.80. The van der Waals surface area contributed by atoms with Crippen LogP contribution in [-0.4, -0.2) is 13.2 Å². The van der Waals surface area contributed by atoms with E-state index < -0.39 is 0 Å². The molecule has 2 aromatic rings. The van der Waals surface area contributed by atoms with Crippen molar-refractivity contribution >= 4 is 11.3 Å². The van der Waals surface area contributed by atoms with Crippen molar-refractivity contribution in [1.82, 2.24) is 5.32 Å². The van der Waals surface area contributed by atoms with Crippen LogP contribution in [-0.2, 0) is 11.2 Å². The lowest BCUT2D eigenvalue weighted by atomic mass is 9.92. The minimum Gasteiger partial charge on any atom is -0.371 e. The van der Waals surface area contributed by atoms with Crippen LogP contribution in [0.15, 0.2) is 41.8 Å². The zero-order chi connectivity index (χ0) is 13.8. The summed E-state index contributed by atoms with van der Waals surface area (Å²) in [4.78, 5) is 1.36. The van der Waals surface area contributed by atoms with Gasteiger partial charge in [0.2, 0.25) is 0 Å². The van der Waals surface area contributed by atoms with Crippen LogP contribution in [0, 0.1) is 0 Å². The van der Waals surface area contributed by atoms with Crippen LogP contribution in [0.25, 0.3) is 0 Å². The predicted molar refractivity (Wildman–Crippen MR) is 84.2 cm³/mol. The molecule has 20 heavy (non-hydrogen) atoms. The maximum absolute atomic E-state index is 6.13. The highest BCUT2D eigenvalue weighted by Crippen LogP contribution is 2.38. The molecule has 1 aromatic heterocycles. The summed E-state index contributed by atoms with van der Waals surface area (Å²) in [5, 5.41) is 5.81. The Morgan fingerprint density at radius 3 is 3.00 bits per heavy atom. The number of rotatable bonds is 5. The predicted octanol–water partition coefficient (Wildman–Crippen LogP) is 4.10. The van der Waals surface area contributed by atoms with Gasteiger partial charge in [-0.25, -0.2) is 0 Å². The number of ether oxygens (including phenoxy) is 1. The van der Waals surface area contributed by atoms with E-state index in [1.165, 1.54) is 16.0 Å². The smallest absolute Gasteiger partial charge is 0.103 e. The molecule has 2 unspecified atom stereocenters. The molecule has 0 fully saturated rings. The average molecular weight is 287 g/mol. The van der Waals surface area contributed by atoms with Crippen LogP contribution in [0.4, 0.5) is 0 Å². The Morgan fingerprint density at radius 2 is 2.20 bits per heavy atom. The van der Waals surface area contributed by atoms with Gasteiger partial charge >= 0.3 is 0 Å². The minimum atomic E-state index is 0.130. The molecule has 106 valence electrons. The first kappa shape index (κ1) is 13.8. The summed E-state index contributed by atoms with van der Waals surface area (Å²) in [5.41, 5.74) is 2.78. The standard InChI is InChI=1S/C17H21NOS/c1-2-10-18-16(15-8-5-12-20-15)17-14-7-4-3-6-13(14)9-11-19-17/h3-8,12,16-18H,2,9-11H2,1H3. The van der Waals surface area contributed by atoms with Crippen molar-refractivity contribution in [3.63, 3.8) is 0 Å². The lowest BCUT2D eigenvalue weighted by molar-refractivity contribution is 0.0156. The van der Waals surface area contributed by atoms with Crippen molar-refractivity contribution in [1.29, 1.82) is 0 Å². The highest BCUT2D eigenvalue weighted by molar-refractivity contribution is 7.10. The molecule has 0 saturated carbocycles. The van der Waals surface area contributed by atoms with E-state index in [9.17, 15) is 0 Å². The number of hydrogen-bond donors (Lipinski definition) is 1. The fraction of sp³-hybridized carbons (Fsp3) is 0.412. The van der Waals surface area contributed by atoms with Gasteiger partial charge in [0.05, 0.1) is 12.6 Å². The van der Waals surface area contributed by atoms with Crippen LogP contribution in [0.5, 0.6) is 0 Å². The zero-order valence-corrected chi connectivity index (χ0v) is 12.7. The Labute approximate surface area is 124 Å². The van der Waals surface area contributed by atoms with E-state index in [1.807, 2.05) is 11.3 Å². The molecular weight excluding hydrogens is 266 g/mol. The van der Waals surface area contributed by atoms with Crippen LogP contribution in [0.1, 0.15) is 41.5 Å². The quantitative estimate of drug-likeness (QED) is 0.894. The second-order valence-electron chi connectivity index (χ2n) is 5.19. The summed E-state index contributed by atoms with van der Waals surface area (Å²) in [6.45, 7) is 4.04. The first-order valence-electron chi connectivity index (χ1n) is 7.36. The van der Waals surface area contributed by atoms with Crippen molar-refractivity contribution in [3.05, 3.63) is 57.8 Å². The summed E-state index contributed by atoms with van der Waals surface area (Å²) in [6.07, 6.45) is 2.29. The van der Waals surface area contributed by atoms with Gasteiger partial charge in [-0.15, -0.1) is 11.3 Å². The molecule has 0 saturated heterocycles. The van der Waals surface area contributed by atoms with Crippen LogP contribution in [0.3, 0.4) is 0 Å². The fourth-order valence-electron chi connectivity index (χ4n) is 2.83. The van der Waals surface area contributed by atoms with E-state index in [4.69, 9.17) is 4.74 Å². The third-order valence-corrected chi connectivity index (χ3v) is 4.75. The van der Waals surface area contributed by atoms with Gasteiger partial charge in [0.25, 0.3) is 0 Å². The largest absolute Gasteiger partial charge is 0.371 e. The molecule has 3 rings (SSSR count). The normalized spacial score (nSPS) is 19.6. The van der Waals surface area contributed by atoms with E-state index in [1.54, 1.807) is 0 Å². The summed E-state index contributed by atoms with van der Waals surface area (Å²) >= 11 is 1.81. The van der Waals surface area contributed by atoms with Gasteiger partial charge < -0.3 is 10.1 Å². The highest BCUT2D eigenvalue weighted by atomic mass is 32.1. The van der Waals surface area contributed by atoms with Crippen LogP contribution >= 0.6 is 11.3 Å². The monoisotopic (exact) mass is 287 g/mol. The number of fused-ring (bicyclic) bond motifs is 1. The first-order valence-corrected chi connectivity index (χ1v) is 8.24. The van der Waals surface area contributed by atoms with E-state index in [2.05, 4.69) is 54.0 Å². The van der Waals surface area contributed by atoms with Gasteiger partial charge in [-0.2, -0.15) is 0 Å². The number of hydrogen-bond acceptors (Lipinski definition) is 3. The molecule has 0 amide bonds. The molecule has 3 heteroatoms. The lowest BCUT2D eigenvalue weighted by Gasteiger charge is -2.32. The van der Waals surface area contributed by atoms with Gasteiger partial charge in [0, 0.05) is 4.88 Å². The third kappa shape index (κ3) is 2.80. The van der Waals surface area contributed by atoms with Crippen LogP contribution < -0.4 is 5.32 Å². The molecule has 0 aliphatic carbocycles. The summed E-state index contributed by atoms with van der Waals surface area (Å²) in [6, 6.07) is 13.3. The van der Waals surface area contributed by atoms with E-state index in [0.717, 1.165) is 26.0 Å². The molecule has 2 nitrogen and oxygen atoms in total. The Bertz CT molecular complexity index is 538. The SMILES string of the molecule is CCCNC(c1cccs1)C1OCCc2ccccc21. The number of benzene rings is 1. The van der Waals surface area contributed by atoms with Gasteiger partial charge in [-0.3, -0.25) is 0 Å². The van der Waals surface area contributed by atoms with Gasteiger partial charge in [0.15, 0.2) is 0 Å². The average Bonchev–Trinajstić information content (AvgIpc) is 3.02. The Balaban J connectivity index is 1.92. The molecule has 1 aliphatic heterocycles. The molecule has 1 N–H and O–H groups in total. The maximum Gasteiger partial charge on any atom is 0.103 e. The topological polar surface area (TPSA) is 21.3 Å². The van der Waals surface area contributed by atoms with E-state index in [0.29, 0.717) is 0 Å². The summed E-state index contributed by atoms with van der Waals surface area (Å²) < 4.78 is 6.13. The molecule has 2 heterocycles. The van der Waals surface area contributed by atoms with Crippen molar-refractivity contribution in [3.8, 4) is 0 Å². The maximum atomic E-state index is 6.13. The number of thiophene rings is 1. The van der Waals surface area contributed by atoms with Gasteiger partial charge in [0.1, 0.15) is 6.10 Å². The Kier molecular flexibility index (Phi) is 4.51. The van der Waals surface area contributed by atoms with Crippen molar-refractivity contribution in [2.45, 2.75) is 31.9 Å². The Hall–Kier alpha value is -1.16. The molecule has 0 spiro atoms. The van der Waals surface area contributed by atoms with Gasteiger partial charge in [-0.05, 0) is 42.0 Å². The van der Waals surface area contributed by atoms with Gasteiger partial charge in [-0.1, -0.05) is 37.3 Å². The second-order valence-corrected chi connectivity index (χ2v) is 6.17. The summed E-state index contributed by atoms with van der Waals surface area (Å²) in [7, 11) is 0. The van der Waals surface area contributed by atoms with Crippen molar-refractivity contribution in [2.75, 3.05) is 13.2 Å². The first-order chi connectivity index (χ1) is 9.90. The molecule has 1 aromatic carbocycles. The molecule has 2 atom stereocenters. The summed E-state index contributed by atoms with van der Waals surface area (Å²) in [5.74, 6) is 0. The fourth-order valence-corrected chi connectivity index (χ4v) is 3.65. The molecule has 1 aliphatic rings. The van der Waals surface area contributed by atoms with Crippen molar-refractivity contribution < 1.29 is 4.74 Å². The number of nitrogens with one attached hydrogen (secondary N) is 1. The second kappa shape index (κ2) is 6.53. The molecular formula is C17H21NOS. The molecule has 0 radical (unpaired) electrons. The van der Waals surface area contributed by atoms with Crippen LogP contribution in [0.2, 0.25) is 0 Å². The lowest BCUT2D eigenvalue weighted by Crippen LogP contribution is -2.31. The molecule has 0 bridgehead atoms. The highest BCUT2D eigenvalue weighted by Gasteiger charge is 2.30. The van der Waals surface area contributed by atoms with Crippen molar-refractivity contribution in [2.24, 2.45) is 0 Å². The van der Waals surface area contributed by atoms with E-state index >= 15 is 0 Å². The zero-order valence-electron chi connectivity index (χ0n) is 11.8. The Morgan fingerprint density at radius 1 is 1.30 bits per heavy atom. The minimum absolute atomic E-state index is 0.130.